The zero-order chi connectivity index (χ0) is 21.2. The molecule has 1 fully saturated rings. The predicted molar refractivity (Wildman–Crippen MR) is 116 cm³/mol. The molecule has 1 aliphatic heterocycles. The first-order valence-electron chi connectivity index (χ1n) is 10.1. The van der Waals surface area contributed by atoms with Crippen LogP contribution in [0, 0.1) is 11.6 Å². The van der Waals surface area contributed by atoms with Gasteiger partial charge in [0.05, 0.1) is 17.6 Å². The number of halogens is 2. The first-order chi connectivity index (χ1) is 15.2. The zero-order valence-electron chi connectivity index (χ0n) is 16.7. The maximum Gasteiger partial charge on any atom is 0.166 e. The normalized spacial score (nSPS) is 14.2. The number of nitrogens with zero attached hydrogens (tertiary/aromatic N) is 4. The third kappa shape index (κ3) is 3.79. The molecule has 1 aromatic carbocycles. The number of hydrogen-bond acceptors (Lipinski definition) is 6. The number of benzene rings is 1. The Balaban J connectivity index is 1.44. The standard InChI is InChI=1S/C22H21F2N7/c23-17-5-2-4-15(20(17)24)16-12-27-22-19(16)21(28-13-29-22)26-11-14-3-1-6-18(30-14)31-9-7-25-8-10-31/h1-6,12-13,25H,7-11H2,(H2,26,27,28,29). The fourth-order valence-electron chi connectivity index (χ4n) is 3.83. The molecule has 4 aromatic rings. The lowest BCUT2D eigenvalue weighted by molar-refractivity contribution is 0.511. The van der Waals surface area contributed by atoms with Gasteiger partial charge in [0.15, 0.2) is 11.6 Å². The van der Waals surface area contributed by atoms with Gasteiger partial charge in [0.2, 0.25) is 0 Å². The number of fused-ring (bicyclic) bond motifs is 1. The van der Waals surface area contributed by atoms with Gasteiger partial charge in [-0.3, -0.25) is 0 Å². The number of nitrogens with one attached hydrogen (secondary N) is 3. The molecule has 0 atom stereocenters. The topological polar surface area (TPSA) is 81.8 Å². The number of rotatable bonds is 5. The molecule has 0 aliphatic carbocycles. The molecular formula is C22H21F2N7. The largest absolute Gasteiger partial charge is 0.364 e. The molecule has 1 saturated heterocycles. The van der Waals surface area contributed by atoms with Crippen LogP contribution in [0.5, 0.6) is 0 Å². The summed E-state index contributed by atoms with van der Waals surface area (Å²) in [5.41, 5.74) is 2.05. The van der Waals surface area contributed by atoms with Crippen LogP contribution in [0.4, 0.5) is 20.4 Å². The van der Waals surface area contributed by atoms with E-state index < -0.39 is 11.6 Å². The van der Waals surface area contributed by atoms with Crippen LogP contribution in [0.15, 0.2) is 48.9 Å². The van der Waals surface area contributed by atoms with E-state index in [1.807, 2.05) is 18.2 Å². The Morgan fingerprint density at radius 1 is 1.00 bits per heavy atom. The number of pyridine rings is 1. The molecular weight excluding hydrogens is 400 g/mol. The maximum absolute atomic E-state index is 14.4. The van der Waals surface area contributed by atoms with Crippen LogP contribution in [0.3, 0.4) is 0 Å². The fraction of sp³-hybridized carbons (Fsp3) is 0.227. The molecule has 1 aliphatic rings. The van der Waals surface area contributed by atoms with Crippen molar-refractivity contribution in [3.63, 3.8) is 0 Å². The molecule has 0 amide bonds. The summed E-state index contributed by atoms with van der Waals surface area (Å²) < 4.78 is 28.2. The Labute approximate surface area is 177 Å². The van der Waals surface area contributed by atoms with Gasteiger partial charge >= 0.3 is 0 Å². The number of H-pyrrole nitrogens is 1. The lowest BCUT2D eigenvalue weighted by Crippen LogP contribution is -2.43. The molecule has 158 valence electrons. The van der Waals surface area contributed by atoms with E-state index in [1.54, 1.807) is 6.20 Å². The van der Waals surface area contributed by atoms with E-state index in [9.17, 15) is 8.78 Å². The lowest BCUT2D eigenvalue weighted by Gasteiger charge is -2.28. The summed E-state index contributed by atoms with van der Waals surface area (Å²) in [6.45, 7) is 4.15. The maximum atomic E-state index is 14.4. The van der Waals surface area contributed by atoms with Crippen molar-refractivity contribution in [1.82, 2.24) is 25.3 Å². The first-order valence-corrected chi connectivity index (χ1v) is 10.1. The van der Waals surface area contributed by atoms with E-state index in [0.29, 0.717) is 29.0 Å². The minimum atomic E-state index is -0.899. The number of aromatic amines is 1. The van der Waals surface area contributed by atoms with E-state index in [2.05, 4.69) is 30.5 Å². The summed E-state index contributed by atoms with van der Waals surface area (Å²) in [7, 11) is 0. The van der Waals surface area contributed by atoms with Gasteiger partial charge < -0.3 is 20.5 Å². The highest BCUT2D eigenvalue weighted by atomic mass is 19.2. The second-order valence-corrected chi connectivity index (χ2v) is 7.33. The van der Waals surface area contributed by atoms with Crippen molar-refractivity contribution >= 4 is 22.7 Å². The molecule has 0 spiro atoms. The lowest BCUT2D eigenvalue weighted by atomic mass is 10.1. The molecule has 9 heteroatoms. The fourth-order valence-corrected chi connectivity index (χ4v) is 3.83. The smallest absolute Gasteiger partial charge is 0.166 e. The van der Waals surface area contributed by atoms with Crippen molar-refractivity contribution in [1.29, 1.82) is 0 Å². The molecule has 0 unspecified atom stereocenters. The van der Waals surface area contributed by atoms with E-state index in [1.165, 1.54) is 18.5 Å². The van der Waals surface area contributed by atoms with Crippen LogP contribution < -0.4 is 15.5 Å². The Morgan fingerprint density at radius 2 is 1.84 bits per heavy atom. The number of piperazine rings is 1. The average Bonchev–Trinajstić information content (AvgIpc) is 3.25. The molecule has 0 saturated carbocycles. The quantitative estimate of drug-likeness (QED) is 0.459. The Morgan fingerprint density at radius 3 is 2.71 bits per heavy atom. The van der Waals surface area contributed by atoms with Gasteiger partial charge in [-0.1, -0.05) is 18.2 Å². The monoisotopic (exact) mass is 421 g/mol. The van der Waals surface area contributed by atoms with Crippen molar-refractivity contribution in [3.05, 3.63) is 66.3 Å². The van der Waals surface area contributed by atoms with E-state index in [0.717, 1.165) is 43.8 Å². The van der Waals surface area contributed by atoms with Gasteiger partial charge in [-0.25, -0.2) is 23.7 Å². The number of aromatic nitrogens is 4. The summed E-state index contributed by atoms with van der Waals surface area (Å²) in [5, 5.41) is 7.22. The minimum Gasteiger partial charge on any atom is -0.364 e. The van der Waals surface area contributed by atoms with Crippen molar-refractivity contribution in [2.24, 2.45) is 0 Å². The molecule has 0 bridgehead atoms. The predicted octanol–water partition coefficient (Wildman–Crippen LogP) is 3.32. The number of anilines is 2. The molecule has 5 rings (SSSR count). The van der Waals surface area contributed by atoms with Gasteiger partial charge in [-0.2, -0.15) is 0 Å². The Bertz CT molecular complexity index is 1220. The van der Waals surface area contributed by atoms with Crippen molar-refractivity contribution < 1.29 is 8.78 Å². The molecule has 4 heterocycles. The Kier molecular flexibility index (Phi) is 5.17. The summed E-state index contributed by atoms with van der Waals surface area (Å²) in [4.78, 5) is 18.6. The van der Waals surface area contributed by atoms with E-state index in [4.69, 9.17) is 4.98 Å². The van der Waals surface area contributed by atoms with Gasteiger partial charge in [0.1, 0.15) is 23.6 Å². The third-order valence-corrected chi connectivity index (χ3v) is 5.38. The Hall–Kier alpha value is -3.59. The molecule has 7 nitrogen and oxygen atoms in total. The summed E-state index contributed by atoms with van der Waals surface area (Å²) in [6.07, 6.45) is 3.04. The van der Waals surface area contributed by atoms with Gasteiger partial charge in [0, 0.05) is 43.5 Å². The molecule has 3 N–H and O–H groups in total. The highest BCUT2D eigenvalue weighted by Gasteiger charge is 2.18. The van der Waals surface area contributed by atoms with Crippen LogP contribution in [-0.4, -0.2) is 46.1 Å². The minimum absolute atomic E-state index is 0.155. The van der Waals surface area contributed by atoms with Crippen LogP contribution in [0.2, 0.25) is 0 Å². The third-order valence-electron chi connectivity index (χ3n) is 5.38. The van der Waals surface area contributed by atoms with Gasteiger partial charge in [0.25, 0.3) is 0 Å². The summed E-state index contributed by atoms with van der Waals surface area (Å²) >= 11 is 0. The van der Waals surface area contributed by atoms with Crippen molar-refractivity contribution in [3.8, 4) is 11.1 Å². The highest BCUT2D eigenvalue weighted by Crippen LogP contribution is 2.34. The van der Waals surface area contributed by atoms with Crippen LogP contribution >= 0.6 is 0 Å². The van der Waals surface area contributed by atoms with Gasteiger partial charge in [-0.15, -0.1) is 0 Å². The molecule has 3 aromatic heterocycles. The molecule has 0 radical (unpaired) electrons. The SMILES string of the molecule is Fc1cccc(-c2c[nH]c3ncnc(NCc4cccc(N5CCNCC5)n4)c23)c1F. The van der Waals surface area contributed by atoms with Gasteiger partial charge in [-0.05, 0) is 18.2 Å². The summed E-state index contributed by atoms with van der Waals surface area (Å²) in [6, 6.07) is 10.1. The highest BCUT2D eigenvalue weighted by molar-refractivity contribution is 6.00. The zero-order valence-corrected chi connectivity index (χ0v) is 16.7. The van der Waals surface area contributed by atoms with Crippen LogP contribution in [-0.2, 0) is 6.54 Å². The van der Waals surface area contributed by atoms with E-state index in [-0.39, 0.29) is 5.56 Å². The average molecular weight is 421 g/mol. The van der Waals surface area contributed by atoms with E-state index >= 15 is 0 Å². The number of hydrogen-bond donors (Lipinski definition) is 3. The molecule has 31 heavy (non-hydrogen) atoms. The van der Waals surface area contributed by atoms with Crippen molar-refractivity contribution in [2.45, 2.75) is 6.54 Å². The second-order valence-electron chi connectivity index (χ2n) is 7.33. The van der Waals surface area contributed by atoms with Crippen LogP contribution in [0.1, 0.15) is 5.69 Å². The van der Waals surface area contributed by atoms with Crippen molar-refractivity contribution in [2.75, 3.05) is 36.4 Å². The first kappa shape index (κ1) is 19.4. The second kappa shape index (κ2) is 8.27. The summed E-state index contributed by atoms with van der Waals surface area (Å²) in [5.74, 6) is -0.326. The van der Waals surface area contributed by atoms with Crippen LogP contribution in [0.25, 0.3) is 22.2 Å².